The van der Waals surface area contributed by atoms with E-state index in [-0.39, 0.29) is 86.3 Å². The molecule has 12 rings (SSSR count). The van der Waals surface area contributed by atoms with Crippen molar-refractivity contribution in [1.82, 2.24) is 78.1 Å². The standard InChI is InChI=1S/C26H31FN10O9P2S2.C19H22FN9O8P2S2.CH3I29.CH4/c1-13(2)23(38)34-26-33-22-19(24(39)35-26)31-12-36(22)25-20-18(27)16(45-25)9-44-48(50,41-6-5-28-4)43-8-14(3)37-17(10-42-47(40,49)46-20)32-15-7-29-11-30-21(15)37;1-8-3-33-38(31,40)34-4-10-12(20)14(18(36-10)28-7-24-13-16(28)26-19(21)27-17(13)30)37-39(32,41)35-5-11-25-9-2-22-6-23-15(9)29(8)11;1-17(2)19(5)21(7)23(9)25(11)27(13)29(15)30(16)28(14)26(12)24(10)22(8)20(6)18(3)4;/h7,11-14,16,18,20,25H,5-6,8-10H2,1-3H3,(H,40,49)(H2,33,34,35,38,39);2,6-8,10,12,14,18H,3-5H2,1H3,(H,31,40)(H,32,41)(H3,21,26,27,30);1H3;1H4/t14-,16+,18+,20+,25+,47?,48?;8-,10+,12+,14+,18+,38?,39?;;/m00../s1. The molecule has 8 aromatic heterocycles. The van der Waals surface area contributed by atoms with Gasteiger partial charge in [0.25, 0.3) is 11.1 Å². The minimum atomic E-state index is -4.32. The van der Waals surface area contributed by atoms with Crippen molar-refractivity contribution in [3.8, 4) is 0 Å². The number of fused-ring (bicyclic) bond motifs is 12. The van der Waals surface area contributed by atoms with Crippen LogP contribution in [0.2, 0.25) is 0 Å². The number of hydrogen-bond donors (Lipinski definition) is 7. The van der Waals surface area contributed by atoms with Crippen LogP contribution in [-0.4, -0.2) is 175 Å². The molecule has 0 aromatic carbocycles. The van der Waals surface area contributed by atoms with Gasteiger partial charge in [-0.15, -0.1) is 0 Å². The average molecular weight is 5130 g/mol. The van der Waals surface area contributed by atoms with Crippen LogP contribution in [0.4, 0.5) is 20.7 Å². The van der Waals surface area contributed by atoms with Crippen LogP contribution in [0.3, 0.4) is 0 Å². The second-order valence-corrected chi connectivity index (χ2v) is 697. The van der Waals surface area contributed by atoms with Crippen LogP contribution in [0.5, 0.6) is 0 Å². The predicted molar refractivity (Wildman–Crippen MR) is 746 cm³/mol. The third-order valence-electron chi connectivity index (χ3n) is 15.0. The molecule has 2 saturated heterocycles. The van der Waals surface area contributed by atoms with Gasteiger partial charge < -0.3 is 66.1 Å². The number of aromatic nitrogens is 16. The van der Waals surface area contributed by atoms with Crippen molar-refractivity contribution < 1.29 is 78.1 Å². The Labute approximate surface area is 912 Å². The number of hydrogen-bond acceptors (Lipinski definition) is 29. The van der Waals surface area contributed by atoms with Gasteiger partial charge in [-0.1, -0.05) is 33.5 Å². The monoisotopic (exact) mass is 5130 g/mol. The summed E-state index contributed by atoms with van der Waals surface area (Å²) in [6, 6.07) is -1.02. The molecule has 7 N–H and O–H groups in total. The molecule has 0 aliphatic carbocycles. The zero-order chi connectivity index (χ0) is 89.0. The maximum Gasteiger partial charge on any atom is 0.387 e. The van der Waals surface area contributed by atoms with E-state index in [1.807, 2.05) is 0 Å². The van der Waals surface area contributed by atoms with Crippen molar-refractivity contribution in [2.24, 2.45) is 5.92 Å². The Bertz CT molecular complexity index is 5310. The average Bonchev–Trinajstić information content (AvgIpc) is 1.61. The summed E-state index contributed by atoms with van der Waals surface area (Å²) in [4.78, 5) is 112. The molecule has 0 saturated carbocycles. The van der Waals surface area contributed by atoms with E-state index in [2.05, 4.69) is 366 Å². The number of aromatic amines is 2. The number of amides is 1. The first-order chi connectivity index (χ1) is 56.8. The van der Waals surface area contributed by atoms with E-state index in [1.165, 1.54) is 40.5 Å². The van der Waals surface area contributed by atoms with Gasteiger partial charge >= 0.3 is 426 Å². The topological polar surface area (TPSA) is 433 Å². The molecule has 706 valence electrons. The number of thiol groups is 1. The number of imidazole rings is 4. The number of nitrogens with one attached hydrogen (secondary N) is 3. The van der Waals surface area contributed by atoms with Gasteiger partial charge in [-0.2, -0.15) is 9.97 Å². The molecule has 122 heavy (non-hydrogen) atoms. The predicted octanol–water partition coefficient (Wildman–Crippen LogP) is 30.7. The number of nitrogens with zero attached hydrogens (tertiary/aromatic N) is 15. The fraction of sp³-hybridized carbons (Fsp3) is 0.532. The number of carbonyl (C=O) groups excluding carboxylic acids is 1. The fourth-order valence-electron chi connectivity index (χ4n) is 10.1. The van der Waals surface area contributed by atoms with Crippen molar-refractivity contribution in [2.45, 2.75) is 110 Å². The molecule has 0 spiro atoms. The van der Waals surface area contributed by atoms with Crippen LogP contribution in [0.15, 0.2) is 47.3 Å². The Balaban J connectivity index is 0.000000214. The van der Waals surface area contributed by atoms with Crippen LogP contribution in [0.25, 0.3) is 49.5 Å². The van der Waals surface area contributed by atoms with E-state index in [4.69, 9.17) is 97.9 Å². The summed E-state index contributed by atoms with van der Waals surface area (Å²) in [5.41, 5.74) is 5.57. The summed E-state index contributed by atoms with van der Waals surface area (Å²) in [5.74, 6) is -0.762. The molecule has 36 nitrogen and oxygen atoms in total. The van der Waals surface area contributed by atoms with E-state index in [0.717, 1.165) is 6.33 Å². The van der Waals surface area contributed by atoms with E-state index in [0.29, 0.717) is 22.3 Å². The summed E-state index contributed by atoms with van der Waals surface area (Å²) in [7, 11) is -5.99. The van der Waals surface area contributed by atoms with Crippen molar-refractivity contribution in [2.75, 3.05) is 55.6 Å². The maximum atomic E-state index is 16.4. The van der Waals surface area contributed by atoms with Crippen molar-refractivity contribution in [3.63, 3.8) is 0 Å². The number of H-pyrrole nitrogens is 2. The molecule has 4 bridgehead atoms. The third kappa shape index (κ3) is 33.3. The Morgan fingerprint density at radius 1 is 0.639 bits per heavy atom. The molecule has 2 fully saturated rings. The Hall–Kier alpha value is 15.6. The van der Waals surface area contributed by atoms with Gasteiger partial charge in [0, 0.05) is 5.92 Å². The number of alkyl halides is 3. The number of nitrogen functional groups attached to an aromatic ring is 1. The summed E-state index contributed by atoms with van der Waals surface area (Å²) in [6.07, 6.45) is -5.05. The minimum absolute atomic E-state index is 0. The second-order valence-electron chi connectivity index (χ2n) is 23.0. The third-order valence-corrected chi connectivity index (χ3v) is 2120. The first-order valence-electron chi connectivity index (χ1n) is 31.3. The molecule has 4 aliphatic rings. The molecule has 1 amide bonds. The molecule has 14 atom stereocenters. The SMILES string of the molecule is C.CI(I)I(I)I(I)I(I)I(I)I(I)I(I)I(I)I(I)I(I)I(I)I(I)I(I)I(I)I.C[C@H]1COP(O)(=S)OC[C@H]2O[C@@H](n3cnc4c(=O)[nH]c(N)nc43)[C@H](OP(=O)(S)OCc3nc4cncnc4n31)[C@@H]2F.[C-]#[N+]CCOP1(=S)OC[C@H]2O[C@@H](n3cnc4c(=O)[nH]c(NC(=O)C(C)C)nc43)[C@H](OP(O)(=S)OCc3nc4cncnc4n3[C@@H](C)CO1)[C@@H]2F. The number of halogens is 31. The van der Waals surface area contributed by atoms with E-state index >= 15 is 8.78 Å². The van der Waals surface area contributed by atoms with Crippen molar-refractivity contribution in [3.05, 3.63) is 81.5 Å². The molecule has 12 heterocycles. The molecule has 8 aromatic rings. The Morgan fingerprint density at radius 3 is 1.54 bits per heavy atom. The Morgan fingerprint density at radius 2 is 1.07 bits per heavy atom. The van der Waals surface area contributed by atoms with Crippen LogP contribution in [0, 0.1) is 12.5 Å². The van der Waals surface area contributed by atoms with Gasteiger partial charge in [0.2, 0.25) is 24.3 Å². The summed E-state index contributed by atoms with van der Waals surface area (Å²) in [6.45, 7) is -4.40. The van der Waals surface area contributed by atoms with Gasteiger partial charge in [-0.25, -0.2) is 59.8 Å². The van der Waals surface area contributed by atoms with Crippen LogP contribution >= 0.6 is 433 Å². The van der Waals surface area contributed by atoms with Gasteiger partial charge in [0.05, 0.1) is 63.6 Å². The van der Waals surface area contributed by atoms with Crippen molar-refractivity contribution >= 4 is 531 Å². The van der Waals surface area contributed by atoms with E-state index < -0.39 is 246 Å². The quantitative estimate of drug-likeness (QED) is 0.00930. The molecule has 0 radical (unpaired) electrons. The summed E-state index contributed by atoms with van der Waals surface area (Å²) < 4.78 is 115. The normalized spacial score (nSPS) is 27.8. The van der Waals surface area contributed by atoms with Crippen molar-refractivity contribution in [1.29, 1.82) is 0 Å². The number of ether oxygens (including phenoxy) is 2. The van der Waals surface area contributed by atoms with Gasteiger partial charge in [-0.3, -0.25) is 52.4 Å². The zero-order valence-corrected chi connectivity index (χ0v) is 129. The molecular weight excluding hydrogens is 5070 g/mol. The van der Waals surface area contributed by atoms with Crippen LogP contribution in [0.1, 0.15) is 71.3 Å². The first kappa shape index (κ1) is 121. The maximum absolute atomic E-state index is 16.4. The number of carbonyl (C=O) groups is 1. The number of anilines is 2. The molecule has 4 unspecified atom stereocenters. The first-order valence-corrected chi connectivity index (χ1v) is 220. The zero-order valence-electron chi connectivity index (χ0n) is 59.5. The van der Waals surface area contributed by atoms with Gasteiger partial charge in [0.15, 0.2) is 58.4 Å². The van der Waals surface area contributed by atoms with E-state index in [1.54, 1.807) is 36.8 Å². The van der Waals surface area contributed by atoms with Crippen LogP contribution < -0.4 is 22.2 Å². The molecule has 75 heteroatoms. The Kier molecular flexibility index (Phi) is 56.2. The molecule has 4 aliphatic heterocycles. The van der Waals surface area contributed by atoms with Gasteiger partial charge in [-0.05, 0) is 49.3 Å². The largest absolute Gasteiger partial charge is 0.387 e. The summed E-state index contributed by atoms with van der Waals surface area (Å²) >= 11 is 67.2. The van der Waals surface area contributed by atoms with E-state index in [9.17, 15) is 28.7 Å². The smallest absolute Gasteiger partial charge is 0.369 e. The summed E-state index contributed by atoms with van der Waals surface area (Å²) in [5, 5.41) is 2.51. The van der Waals surface area contributed by atoms with Gasteiger partial charge in [0.1, 0.15) is 79.6 Å². The fourth-order valence-corrected chi connectivity index (χ4v) is 4920. The number of nitrogens with two attached hydrogens (primary N) is 1. The molecular formula is C47H60F2I29N19O17P4S4. The minimum Gasteiger partial charge on any atom is -0.369 e. The second kappa shape index (κ2) is 56.6. The number of rotatable bonds is 20. The van der Waals surface area contributed by atoms with Crippen LogP contribution in [-0.2, 0) is 108 Å².